The Kier molecular flexibility index (Phi) is 5.37. The van der Waals surface area contributed by atoms with Crippen LogP contribution in [0.5, 0.6) is 11.5 Å². The molecule has 1 amide bonds. The minimum absolute atomic E-state index is 0.558. The molecule has 0 unspecified atom stereocenters. The second-order valence-corrected chi connectivity index (χ2v) is 4.98. The minimum Gasteiger partial charge on any atom is -0.497 e. The molecule has 6 heteroatoms. The highest BCUT2D eigenvalue weighted by Crippen LogP contribution is 2.22. The summed E-state index contributed by atoms with van der Waals surface area (Å²) in [7, 11) is 3.13. The third-order valence-electron chi connectivity index (χ3n) is 2.20. The van der Waals surface area contributed by atoms with Crippen LogP contribution < -0.4 is 14.9 Å². The van der Waals surface area contributed by atoms with Gasteiger partial charge in [-0.1, -0.05) is 0 Å². The van der Waals surface area contributed by atoms with E-state index in [0.717, 1.165) is 0 Å². The Bertz CT molecular complexity index is 492. The van der Waals surface area contributed by atoms with E-state index in [2.05, 4.69) is 10.5 Å². The Hall–Kier alpha value is -2.24. The molecule has 1 rings (SSSR count). The highest BCUT2D eigenvalue weighted by atomic mass is 16.6. The molecule has 0 atom stereocenters. The van der Waals surface area contributed by atoms with Crippen LogP contribution in [0.25, 0.3) is 0 Å². The summed E-state index contributed by atoms with van der Waals surface area (Å²) in [6.07, 6.45) is 0.864. The van der Waals surface area contributed by atoms with Crippen LogP contribution >= 0.6 is 0 Å². The molecular weight excluding hydrogens is 260 g/mol. The molecule has 0 aromatic heterocycles. The summed E-state index contributed by atoms with van der Waals surface area (Å²) in [5.74, 6) is 1.28. The molecular formula is C14H20N2O4. The quantitative estimate of drug-likeness (QED) is 0.679. The second kappa shape index (κ2) is 6.79. The number of benzene rings is 1. The molecule has 0 heterocycles. The SMILES string of the molecule is COc1ccc(C=NNC(=O)OC(C)(C)C)c(OC)c1. The maximum atomic E-state index is 11.4. The molecule has 0 radical (unpaired) electrons. The maximum absolute atomic E-state index is 11.4. The van der Waals surface area contributed by atoms with Gasteiger partial charge in [-0.2, -0.15) is 5.10 Å². The number of hydrogen-bond acceptors (Lipinski definition) is 5. The van der Waals surface area contributed by atoms with Crippen LogP contribution in [0.4, 0.5) is 4.79 Å². The number of carbonyl (C=O) groups excluding carboxylic acids is 1. The molecule has 0 fully saturated rings. The highest BCUT2D eigenvalue weighted by Gasteiger charge is 2.15. The van der Waals surface area contributed by atoms with Crippen molar-refractivity contribution in [2.24, 2.45) is 5.10 Å². The standard InChI is InChI=1S/C14H20N2O4/c1-14(2,3)20-13(17)16-15-9-10-6-7-11(18-4)8-12(10)19-5/h6-9H,1-5H3,(H,16,17). The van der Waals surface area contributed by atoms with Crippen LogP contribution in [0.1, 0.15) is 26.3 Å². The van der Waals surface area contributed by atoms with E-state index < -0.39 is 11.7 Å². The number of hydrogen-bond donors (Lipinski definition) is 1. The van der Waals surface area contributed by atoms with Crippen molar-refractivity contribution in [3.8, 4) is 11.5 Å². The first-order chi connectivity index (χ1) is 9.35. The van der Waals surface area contributed by atoms with E-state index in [4.69, 9.17) is 14.2 Å². The molecule has 0 bridgehead atoms. The third kappa shape index (κ3) is 5.17. The normalized spacial score (nSPS) is 11.2. The number of ether oxygens (including phenoxy) is 3. The molecule has 0 aliphatic carbocycles. The Morgan fingerprint density at radius 3 is 2.50 bits per heavy atom. The molecule has 0 aliphatic rings. The molecule has 0 saturated heterocycles. The third-order valence-corrected chi connectivity index (χ3v) is 2.20. The summed E-state index contributed by atoms with van der Waals surface area (Å²) in [6, 6.07) is 5.28. The maximum Gasteiger partial charge on any atom is 0.428 e. The number of amides is 1. The number of hydrazone groups is 1. The smallest absolute Gasteiger partial charge is 0.428 e. The van der Waals surface area contributed by atoms with Gasteiger partial charge < -0.3 is 14.2 Å². The van der Waals surface area contributed by atoms with Crippen molar-refractivity contribution in [2.45, 2.75) is 26.4 Å². The summed E-state index contributed by atoms with van der Waals surface area (Å²) < 4.78 is 15.4. The van der Waals surface area contributed by atoms with Gasteiger partial charge >= 0.3 is 6.09 Å². The van der Waals surface area contributed by atoms with Crippen LogP contribution in [-0.2, 0) is 4.74 Å². The van der Waals surface area contributed by atoms with Crippen LogP contribution in [0.3, 0.4) is 0 Å². The fourth-order valence-electron chi connectivity index (χ4n) is 1.38. The fraction of sp³-hybridized carbons (Fsp3) is 0.429. The predicted molar refractivity (Wildman–Crippen MR) is 76.5 cm³/mol. The summed E-state index contributed by atoms with van der Waals surface area (Å²) in [4.78, 5) is 11.4. The zero-order valence-electron chi connectivity index (χ0n) is 12.4. The molecule has 0 aliphatic heterocycles. The van der Waals surface area contributed by atoms with Crippen molar-refractivity contribution in [1.82, 2.24) is 5.43 Å². The largest absolute Gasteiger partial charge is 0.497 e. The first-order valence-corrected chi connectivity index (χ1v) is 6.10. The highest BCUT2D eigenvalue weighted by molar-refractivity contribution is 5.84. The van der Waals surface area contributed by atoms with Gasteiger partial charge in [-0.05, 0) is 32.9 Å². The van der Waals surface area contributed by atoms with Gasteiger partial charge in [0.25, 0.3) is 0 Å². The van der Waals surface area contributed by atoms with Gasteiger partial charge in [0, 0.05) is 11.6 Å². The number of nitrogens with zero attached hydrogens (tertiary/aromatic N) is 1. The first-order valence-electron chi connectivity index (χ1n) is 6.10. The van der Waals surface area contributed by atoms with Gasteiger partial charge in [0.15, 0.2) is 0 Å². The predicted octanol–water partition coefficient (Wildman–Crippen LogP) is 2.56. The average Bonchev–Trinajstić information content (AvgIpc) is 2.36. The van der Waals surface area contributed by atoms with Gasteiger partial charge in [-0.15, -0.1) is 0 Å². The van der Waals surface area contributed by atoms with Crippen LogP contribution in [0, 0.1) is 0 Å². The lowest BCUT2D eigenvalue weighted by Gasteiger charge is -2.18. The lowest BCUT2D eigenvalue weighted by Crippen LogP contribution is -2.29. The van der Waals surface area contributed by atoms with Crippen molar-refractivity contribution in [3.05, 3.63) is 23.8 Å². The molecule has 0 saturated carbocycles. The zero-order valence-corrected chi connectivity index (χ0v) is 12.4. The fourth-order valence-corrected chi connectivity index (χ4v) is 1.38. The van der Waals surface area contributed by atoms with Gasteiger partial charge in [-0.3, -0.25) is 0 Å². The van der Waals surface area contributed by atoms with Gasteiger partial charge in [0.2, 0.25) is 0 Å². The molecule has 1 N–H and O–H groups in total. The molecule has 6 nitrogen and oxygen atoms in total. The average molecular weight is 280 g/mol. The Balaban J connectivity index is 2.69. The van der Waals surface area contributed by atoms with E-state index >= 15 is 0 Å². The molecule has 1 aromatic carbocycles. The van der Waals surface area contributed by atoms with Crippen LogP contribution in [0.2, 0.25) is 0 Å². The summed E-state index contributed by atoms with van der Waals surface area (Å²) in [5.41, 5.74) is 2.44. The van der Waals surface area contributed by atoms with Crippen LogP contribution in [-0.4, -0.2) is 32.1 Å². The van der Waals surface area contributed by atoms with E-state index in [1.54, 1.807) is 53.2 Å². The van der Waals surface area contributed by atoms with Gasteiger partial charge in [-0.25, -0.2) is 10.2 Å². The van der Waals surface area contributed by atoms with Crippen molar-refractivity contribution < 1.29 is 19.0 Å². The van der Waals surface area contributed by atoms with E-state index in [9.17, 15) is 4.79 Å². The van der Waals surface area contributed by atoms with E-state index in [-0.39, 0.29) is 0 Å². The molecule has 0 spiro atoms. The van der Waals surface area contributed by atoms with Crippen LogP contribution in [0.15, 0.2) is 23.3 Å². The summed E-state index contributed by atoms with van der Waals surface area (Å²) in [5, 5.41) is 3.82. The van der Waals surface area contributed by atoms with E-state index in [1.165, 1.54) is 6.21 Å². The van der Waals surface area contributed by atoms with Gasteiger partial charge in [0.1, 0.15) is 17.1 Å². The summed E-state index contributed by atoms with van der Waals surface area (Å²) >= 11 is 0. The Morgan fingerprint density at radius 2 is 1.95 bits per heavy atom. The molecule has 110 valence electrons. The lowest BCUT2D eigenvalue weighted by atomic mass is 10.2. The number of carbonyl (C=O) groups is 1. The monoisotopic (exact) mass is 280 g/mol. The topological polar surface area (TPSA) is 69.2 Å². The van der Waals surface area contributed by atoms with E-state index in [0.29, 0.717) is 17.1 Å². The Morgan fingerprint density at radius 1 is 1.25 bits per heavy atom. The first kappa shape index (κ1) is 15.8. The minimum atomic E-state index is -0.610. The van der Waals surface area contributed by atoms with E-state index in [1.807, 2.05) is 0 Å². The summed E-state index contributed by atoms with van der Waals surface area (Å²) in [6.45, 7) is 5.34. The number of rotatable bonds is 4. The second-order valence-electron chi connectivity index (χ2n) is 4.98. The van der Waals surface area contributed by atoms with Crippen molar-refractivity contribution in [2.75, 3.05) is 14.2 Å². The number of methoxy groups -OCH3 is 2. The Labute approximate surface area is 118 Å². The zero-order chi connectivity index (χ0) is 15.2. The number of nitrogens with one attached hydrogen (secondary N) is 1. The lowest BCUT2D eigenvalue weighted by molar-refractivity contribution is 0.0529. The van der Waals surface area contributed by atoms with Crippen molar-refractivity contribution >= 4 is 12.3 Å². The molecule has 1 aromatic rings. The molecule has 20 heavy (non-hydrogen) atoms. The van der Waals surface area contributed by atoms with Crippen molar-refractivity contribution in [3.63, 3.8) is 0 Å². The van der Waals surface area contributed by atoms with Gasteiger partial charge in [0.05, 0.1) is 20.4 Å². The van der Waals surface area contributed by atoms with Crippen molar-refractivity contribution in [1.29, 1.82) is 0 Å².